The molecule has 16 heavy (non-hydrogen) atoms. The number of carbonyl (C=O) groups is 1. The molecule has 0 radical (unpaired) electrons. The second-order valence-corrected chi connectivity index (χ2v) is 4.96. The van der Waals surface area contributed by atoms with Crippen molar-refractivity contribution in [1.29, 1.82) is 0 Å². The first-order valence-corrected chi connectivity index (χ1v) is 6.44. The lowest BCUT2D eigenvalue weighted by Gasteiger charge is -2.11. The molecule has 0 spiro atoms. The molecule has 0 aliphatic rings. The molecule has 0 saturated heterocycles. The summed E-state index contributed by atoms with van der Waals surface area (Å²) in [6, 6.07) is 0. The zero-order chi connectivity index (χ0) is 12.0. The fourth-order valence-corrected chi connectivity index (χ4v) is 2.39. The van der Waals surface area contributed by atoms with Crippen molar-refractivity contribution in [1.82, 2.24) is 4.98 Å². The molecule has 5 heteroatoms. The Morgan fingerprint density at radius 3 is 3.00 bits per heavy atom. The molecule has 4 nitrogen and oxygen atoms in total. The standard InChI is InChI=1S/C11H18N2O2S/c1-3-4-5-13(2)7-10-12-9(8-16-10)6-11(14)15/h8H,3-7H2,1-2H3,(H,14,15). The molecule has 1 aromatic heterocycles. The van der Waals surface area contributed by atoms with Crippen LogP contribution in [0, 0.1) is 0 Å². The van der Waals surface area contributed by atoms with Gasteiger partial charge in [-0.25, -0.2) is 4.98 Å². The van der Waals surface area contributed by atoms with Crippen molar-refractivity contribution >= 4 is 17.3 Å². The maximum Gasteiger partial charge on any atom is 0.147 e. The summed E-state index contributed by atoms with van der Waals surface area (Å²) in [7, 11) is 2.13. The molecule has 1 heterocycles. The third-order valence-corrected chi connectivity index (χ3v) is 3.23. The van der Waals surface area contributed by atoms with E-state index in [-0.39, 0.29) is 6.42 Å². The van der Waals surface area contributed by atoms with E-state index in [0.29, 0.717) is 5.69 Å². The van der Waals surface area contributed by atoms with E-state index in [1.54, 1.807) is 5.38 Å². The molecule has 90 valence electrons. The molecule has 0 saturated carbocycles. The largest absolute Gasteiger partial charge is 0.550 e. The lowest BCUT2D eigenvalue weighted by molar-refractivity contribution is -0.893. The van der Waals surface area contributed by atoms with Crippen molar-refractivity contribution in [3.63, 3.8) is 0 Å². The second kappa shape index (κ2) is 6.60. The quantitative estimate of drug-likeness (QED) is 0.684. The minimum atomic E-state index is -1.07. The van der Waals surface area contributed by atoms with Crippen LogP contribution in [0.25, 0.3) is 0 Å². The van der Waals surface area contributed by atoms with Crippen LogP contribution < -0.4 is 10.0 Å². The van der Waals surface area contributed by atoms with E-state index in [9.17, 15) is 9.90 Å². The Morgan fingerprint density at radius 2 is 2.38 bits per heavy atom. The van der Waals surface area contributed by atoms with Crippen LogP contribution in [0.4, 0.5) is 0 Å². The highest BCUT2D eigenvalue weighted by Crippen LogP contribution is 2.08. The maximum absolute atomic E-state index is 10.4. The van der Waals surface area contributed by atoms with Crippen LogP contribution in [0.3, 0.4) is 0 Å². The number of aromatic nitrogens is 1. The van der Waals surface area contributed by atoms with Gasteiger partial charge in [-0.2, -0.15) is 0 Å². The Morgan fingerprint density at radius 1 is 1.62 bits per heavy atom. The minimum Gasteiger partial charge on any atom is -0.550 e. The number of carbonyl (C=O) groups excluding carboxylic acids is 1. The Labute approximate surface area is 99.9 Å². The van der Waals surface area contributed by atoms with Crippen molar-refractivity contribution in [2.45, 2.75) is 32.7 Å². The third kappa shape index (κ3) is 4.72. The van der Waals surface area contributed by atoms with Gasteiger partial charge in [-0.15, -0.1) is 11.3 Å². The molecule has 1 atom stereocenters. The van der Waals surface area contributed by atoms with Crippen LogP contribution in [-0.2, 0) is 17.8 Å². The van der Waals surface area contributed by atoms with E-state index in [2.05, 4.69) is 19.0 Å². The van der Waals surface area contributed by atoms with Gasteiger partial charge in [0.2, 0.25) is 0 Å². The fourth-order valence-electron chi connectivity index (χ4n) is 1.48. The van der Waals surface area contributed by atoms with Crippen LogP contribution in [0.5, 0.6) is 0 Å². The molecule has 0 aromatic carbocycles. The third-order valence-electron chi connectivity index (χ3n) is 2.33. The monoisotopic (exact) mass is 242 g/mol. The molecule has 0 aliphatic heterocycles. The summed E-state index contributed by atoms with van der Waals surface area (Å²) in [5, 5.41) is 13.2. The van der Waals surface area contributed by atoms with Crippen LogP contribution in [0.15, 0.2) is 5.38 Å². The zero-order valence-corrected chi connectivity index (χ0v) is 10.6. The number of unbranched alkanes of at least 4 members (excludes halogenated alkanes) is 1. The molecular weight excluding hydrogens is 224 g/mol. The van der Waals surface area contributed by atoms with Gasteiger partial charge in [-0.1, -0.05) is 13.3 Å². The highest BCUT2D eigenvalue weighted by Gasteiger charge is 2.07. The number of nitrogens with one attached hydrogen (secondary N) is 1. The molecule has 0 fully saturated rings. The van der Waals surface area contributed by atoms with E-state index in [1.807, 2.05) is 0 Å². The van der Waals surface area contributed by atoms with Gasteiger partial charge in [-0.3, -0.25) is 0 Å². The van der Waals surface area contributed by atoms with Crippen molar-refractivity contribution < 1.29 is 14.8 Å². The Hall–Kier alpha value is -0.940. The molecule has 0 bridgehead atoms. The van der Waals surface area contributed by atoms with Crippen LogP contribution in [0.2, 0.25) is 0 Å². The highest BCUT2D eigenvalue weighted by atomic mass is 32.1. The highest BCUT2D eigenvalue weighted by molar-refractivity contribution is 7.09. The number of quaternary nitrogens is 1. The molecule has 1 aromatic rings. The number of hydrogen-bond acceptors (Lipinski definition) is 4. The number of carboxylic acids is 1. The van der Waals surface area contributed by atoms with E-state index in [4.69, 9.17) is 0 Å². The van der Waals surface area contributed by atoms with Crippen molar-refractivity contribution in [3.05, 3.63) is 16.1 Å². The van der Waals surface area contributed by atoms with Gasteiger partial charge in [0.15, 0.2) is 0 Å². The Bertz CT molecular complexity index is 338. The number of aliphatic carboxylic acids is 1. The lowest BCUT2D eigenvalue weighted by atomic mass is 10.3. The van der Waals surface area contributed by atoms with Crippen LogP contribution in [-0.4, -0.2) is 24.5 Å². The fraction of sp³-hybridized carbons (Fsp3) is 0.636. The molecule has 0 aliphatic carbocycles. The van der Waals surface area contributed by atoms with Gasteiger partial charge >= 0.3 is 0 Å². The summed E-state index contributed by atoms with van der Waals surface area (Å²) in [6.07, 6.45) is 2.33. The van der Waals surface area contributed by atoms with Crippen LogP contribution >= 0.6 is 11.3 Å². The Kier molecular flexibility index (Phi) is 5.42. The van der Waals surface area contributed by atoms with Crippen molar-refractivity contribution in [2.24, 2.45) is 0 Å². The summed E-state index contributed by atoms with van der Waals surface area (Å²) in [4.78, 5) is 16.1. The number of nitrogens with zero attached hydrogens (tertiary/aromatic N) is 1. The summed E-state index contributed by atoms with van der Waals surface area (Å²) < 4.78 is 0. The van der Waals surface area contributed by atoms with E-state index in [0.717, 1.165) is 18.1 Å². The summed E-state index contributed by atoms with van der Waals surface area (Å²) in [5.74, 6) is -1.07. The Balaban J connectivity index is 2.42. The molecule has 1 N–H and O–H groups in total. The average Bonchev–Trinajstić information content (AvgIpc) is 2.61. The topological polar surface area (TPSA) is 57.5 Å². The molecule has 0 amide bonds. The van der Waals surface area contributed by atoms with Crippen LogP contribution in [0.1, 0.15) is 30.5 Å². The van der Waals surface area contributed by atoms with E-state index < -0.39 is 5.97 Å². The minimum absolute atomic E-state index is 0.0789. The molecular formula is C11H18N2O2S. The predicted octanol–water partition coefficient (Wildman–Crippen LogP) is -0.750. The van der Waals surface area contributed by atoms with Gasteiger partial charge in [0.05, 0.1) is 19.3 Å². The second-order valence-electron chi connectivity index (χ2n) is 4.02. The van der Waals surface area contributed by atoms with Gasteiger partial charge in [-0.05, 0) is 6.42 Å². The predicted molar refractivity (Wildman–Crippen MR) is 61.2 cm³/mol. The van der Waals surface area contributed by atoms with Gasteiger partial charge < -0.3 is 14.8 Å². The number of hydrogen-bond donors (Lipinski definition) is 1. The number of carboxylic acid groups (broad SMARTS) is 1. The molecule has 1 unspecified atom stereocenters. The first kappa shape index (κ1) is 13.1. The molecule has 1 rings (SSSR count). The summed E-state index contributed by atoms with van der Waals surface area (Å²) >= 11 is 1.53. The van der Waals surface area contributed by atoms with E-state index >= 15 is 0 Å². The number of rotatable bonds is 7. The zero-order valence-electron chi connectivity index (χ0n) is 9.78. The first-order valence-electron chi connectivity index (χ1n) is 5.56. The smallest absolute Gasteiger partial charge is 0.147 e. The summed E-state index contributed by atoms with van der Waals surface area (Å²) in [6.45, 7) is 4.18. The normalized spacial score (nSPS) is 12.6. The maximum atomic E-state index is 10.4. The van der Waals surface area contributed by atoms with Crippen molar-refractivity contribution in [3.8, 4) is 0 Å². The van der Waals surface area contributed by atoms with E-state index in [1.165, 1.54) is 29.1 Å². The van der Waals surface area contributed by atoms with Gasteiger partial charge in [0.25, 0.3) is 0 Å². The van der Waals surface area contributed by atoms with Gasteiger partial charge in [0, 0.05) is 17.8 Å². The van der Waals surface area contributed by atoms with Crippen molar-refractivity contribution in [2.75, 3.05) is 13.6 Å². The SMILES string of the molecule is CCCC[NH+](C)Cc1nc(CC(=O)[O-])cs1. The average molecular weight is 242 g/mol. The lowest BCUT2D eigenvalue weighted by Crippen LogP contribution is -3.07. The first-order chi connectivity index (χ1) is 7.61. The number of thiazole rings is 1. The summed E-state index contributed by atoms with van der Waals surface area (Å²) in [5.41, 5.74) is 0.614. The van der Waals surface area contributed by atoms with Gasteiger partial charge in [0.1, 0.15) is 11.6 Å².